The molecule has 0 spiro atoms. The summed E-state index contributed by atoms with van der Waals surface area (Å²) in [6, 6.07) is 17.1. The molecule has 124 valence electrons. The Balaban J connectivity index is 1.51. The van der Waals surface area contributed by atoms with E-state index in [0.717, 1.165) is 24.3 Å². The third-order valence-electron chi connectivity index (χ3n) is 4.10. The molecule has 1 fully saturated rings. The molecule has 0 aromatic heterocycles. The van der Waals surface area contributed by atoms with Crippen LogP contribution in [0.2, 0.25) is 0 Å². The minimum atomic E-state index is -0.653. The van der Waals surface area contributed by atoms with E-state index in [1.807, 2.05) is 54.6 Å². The molecule has 5 nitrogen and oxygen atoms in total. The van der Waals surface area contributed by atoms with Crippen LogP contribution in [0.1, 0.15) is 18.4 Å². The van der Waals surface area contributed by atoms with Gasteiger partial charge < -0.3 is 15.5 Å². The van der Waals surface area contributed by atoms with Crippen LogP contribution in [0.25, 0.3) is 0 Å². The second-order valence-electron chi connectivity index (χ2n) is 5.86. The smallest absolute Gasteiger partial charge is 0.313 e. The van der Waals surface area contributed by atoms with Crippen LogP contribution in [0.15, 0.2) is 54.6 Å². The van der Waals surface area contributed by atoms with Crippen molar-refractivity contribution in [2.24, 2.45) is 0 Å². The Morgan fingerprint density at radius 1 is 0.875 bits per heavy atom. The summed E-state index contributed by atoms with van der Waals surface area (Å²) in [5.74, 6) is -1.29. The summed E-state index contributed by atoms with van der Waals surface area (Å²) < 4.78 is 0. The molecule has 3 rings (SSSR count). The van der Waals surface area contributed by atoms with Crippen molar-refractivity contribution in [2.45, 2.75) is 19.4 Å². The summed E-state index contributed by atoms with van der Waals surface area (Å²) in [6.45, 7) is 2.49. The highest BCUT2D eigenvalue weighted by molar-refractivity contribution is 6.39. The van der Waals surface area contributed by atoms with Crippen LogP contribution >= 0.6 is 0 Å². The van der Waals surface area contributed by atoms with E-state index in [1.54, 1.807) is 0 Å². The standard InChI is InChI=1S/C19H21N3O2/c23-18(20-14-15-6-2-1-3-7-15)19(24)21-16-8-10-17(11-9-16)22-12-4-5-13-22/h1-3,6-11H,4-5,12-14H2,(H,20,23)(H,21,24). The molecule has 0 radical (unpaired) electrons. The number of carbonyl (C=O) groups is 2. The average molecular weight is 323 g/mol. The third kappa shape index (κ3) is 4.13. The molecule has 1 aliphatic rings. The number of rotatable bonds is 4. The molecule has 1 aliphatic heterocycles. The zero-order valence-electron chi connectivity index (χ0n) is 13.5. The van der Waals surface area contributed by atoms with Crippen LogP contribution in [0.3, 0.4) is 0 Å². The summed E-state index contributed by atoms with van der Waals surface area (Å²) in [5.41, 5.74) is 2.73. The molecule has 2 N–H and O–H groups in total. The molecule has 2 aromatic rings. The number of hydrogen-bond donors (Lipinski definition) is 2. The summed E-state index contributed by atoms with van der Waals surface area (Å²) in [6.07, 6.45) is 2.44. The van der Waals surface area contributed by atoms with E-state index in [9.17, 15) is 9.59 Å². The zero-order chi connectivity index (χ0) is 16.8. The van der Waals surface area contributed by atoms with Crippen molar-refractivity contribution in [1.29, 1.82) is 0 Å². The maximum absolute atomic E-state index is 11.9. The molecule has 2 aromatic carbocycles. The highest BCUT2D eigenvalue weighted by atomic mass is 16.2. The quantitative estimate of drug-likeness (QED) is 0.850. The van der Waals surface area contributed by atoms with Gasteiger partial charge in [0.25, 0.3) is 0 Å². The molecule has 0 atom stereocenters. The largest absolute Gasteiger partial charge is 0.372 e. The minimum Gasteiger partial charge on any atom is -0.372 e. The molecule has 5 heteroatoms. The first-order chi connectivity index (χ1) is 11.7. The van der Waals surface area contributed by atoms with Gasteiger partial charge in [0.05, 0.1) is 0 Å². The predicted molar refractivity (Wildman–Crippen MR) is 94.8 cm³/mol. The molecule has 1 heterocycles. The first kappa shape index (κ1) is 16.1. The second-order valence-corrected chi connectivity index (χ2v) is 5.86. The number of nitrogens with zero attached hydrogens (tertiary/aromatic N) is 1. The van der Waals surface area contributed by atoms with Gasteiger partial charge in [-0.1, -0.05) is 30.3 Å². The normalized spacial score (nSPS) is 13.6. The number of amides is 2. The van der Waals surface area contributed by atoms with Gasteiger partial charge in [-0.15, -0.1) is 0 Å². The van der Waals surface area contributed by atoms with Gasteiger partial charge in [-0.3, -0.25) is 9.59 Å². The van der Waals surface area contributed by atoms with Gasteiger partial charge in [-0.05, 0) is 42.7 Å². The van der Waals surface area contributed by atoms with E-state index in [1.165, 1.54) is 12.8 Å². The first-order valence-corrected chi connectivity index (χ1v) is 8.20. The minimum absolute atomic E-state index is 0.334. The van der Waals surface area contributed by atoms with Crippen molar-refractivity contribution in [2.75, 3.05) is 23.3 Å². The van der Waals surface area contributed by atoms with Gasteiger partial charge in [0.2, 0.25) is 0 Å². The fourth-order valence-corrected chi connectivity index (χ4v) is 2.78. The first-order valence-electron chi connectivity index (χ1n) is 8.20. The summed E-state index contributed by atoms with van der Waals surface area (Å²) >= 11 is 0. The van der Waals surface area contributed by atoms with Crippen LogP contribution in [-0.2, 0) is 16.1 Å². The van der Waals surface area contributed by atoms with Crippen LogP contribution < -0.4 is 15.5 Å². The molecule has 24 heavy (non-hydrogen) atoms. The maximum atomic E-state index is 11.9. The van der Waals surface area contributed by atoms with E-state index in [-0.39, 0.29) is 0 Å². The predicted octanol–water partition coefficient (Wildman–Crippen LogP) is 2.54. The number of benzene rings is 2. The molecular formula is C19H21N3O2. The lowest BCUT2D eigenvalue weighted by atomic mass is 10.2. The van der Waals surface area contributed by atoms with Crippen LogP contribution in [0.5, 0.6) is 0 Å². The maximum Gasteiger partial charge on any atom is 0.313 e. The Morgan fingerprint density at radius 3 is 2.21 bits per heavy atom. The number of nitrogens with one attached hydrogen (secondary N) is 2. The molecule has 0 aliphatic carbocycles. The Labute approximate surface area is 141 Å². The second kappa shape index (κ2) is 7.64. The van der Waals surface area contributed by atoms with Crippen LogP contribution in [0.4, 0.5) is 11.4 Å². The van der Waals surface area contributed by atoms with Crippen molar-refractivity contribution in [3.63, 3.8) is 0 Å². The van der Waals surface area contributed by atoms with Crippen molar-refractivity contribution in [3.05, 3.63) is 60.2 Å². The molecule has 0 saturated carbocycles. The summed E-state index contributed by atoms with van der Waals surface area (Å²) in [4.78, 5) is 26.1. The fourth-order valence-electron chi connectivity index (χ4n) is 2.78. The Hall–Kier alpha value is -2.82. The van der Waals surface area contributed by atoms with Crippen molar-refractivity contribution < 1.29 is 9.59 Å². The van der Waals surface area contributed by atoms with E-state index < -0.39 is 11.8 Å². The topological polar surface area (TPSA) is 61.4 Å². The molecule has 1 saturated heterocycles. The van der Waals surface area contributed by atoms with Gasteiger partial charge >= 0.3 is 11.8 Å². The monoisotopic (exact) mass is 323 g/mol. The molecule has 0 bridgehead atoms. The zero-order valence-corrected chi connectivity index (χ0v) is 13.5. The lowest BCUT2D eigenvalue weighted by Crippen LogP contribution is -2.34. The fraction of sp³-hybridized carbons (Fsp3) is 0.263. The van der Waals surface area contributed by atoms with Crippen molar-refractivity contribution >= 4 is 23.2 Å². The van der Waals surface area contributed by atoms with Gasteiger partial charge in [-0.2, -0.15) is 0 Å². The number of hydrogen-bond acceptors (Lipinski definition) is 3. The third-order valence-corrected chi connectivity index (χ3v) is 4.10. The molecule has 0 unspecified atom stereocenters. The SMILES string of the molecule is O=C(NCc1ccccc1)C(=O)Nc1ccc(N2CCCC2)cc1. The van der Waals surface area contributed by atoms with Crippen LogP contribution in [0, 0.1) is 0 Å². The summed E-state index contributed by atoms with van der Waals surface area (Å²) in [5, 5.41) is 5.24. The van der Waals surface area contributed by atoms with Gasteiger partial charge in [-0.25, -0.2) is 0 Å². The summed E-state index contributed by atoms with van der Waals surface area (Å²) in [7, 11) is 0. The van der Waals surface area contributed by atoms with Gasteiger partial charge in [0, 0.05) is 31.0 Å². The highest BCUT2D eigenvalue weighted by Crippen LogP contribution is 2.21. The van der Waals surface area contributed by atoms with E-state index in [2.05, 4.69) is 15.5 Å². The highest BCUT2D eigenvalue weighted by Gasteiger charge is 2.15. The molecule has 2 amide bonds. The number of carbonyl (C=O) groups excluding carboxylic acids is 2. The number of anilines is 2. The van der Waals surface area contributed by atoms with Crippen LogP contribution in [-0.4, -0.2) is 24.9 Å². The Morgan fingerprint density at radius 2 is 1.54 bits per heavy atom. The van der Waals surface area contributed by atoms with Crippen molar-refractivity contribution in [3.8, 4) is 0 Å². The van der Waals surface area contributed by atoms with Crippen molar-refractivity contribution in [1.82, 2.24) is 5.32 Å². The lowest BCUT2D eigenvalue weighted by Gasteiger charge is -2.17. The Kier molecular flexibility index (Phi) is 5.11. The van der Waals surface area contributed by atoms with E-state index in [4.69, 9.17) is 0 Å². The lowest BCUT2D eigenvalue weighted by molar-refractivity contribution is -0.136. The molecular weight excluding hydrogens is 302 g/mol. The van der Waals surface area contributed by atoms with E-state index >= 15 is 0 Å². The van der Waals surface area contributed by atoms with Gasteiger partial charge in [0.15, 0.2) is 0 Å². The average Bonchev–Trinajstić information content (AvgIpc) is 3.16. The van der Waals surface area contributed by atoms with E-state index in [0.29, 0.717) is 12.2 Å². The Bertz CT molecular complexity index is 692. The van der Waals surface area contributed by atoms with Gasteiger partial charge in [0.1, 0.15) is 0 Å².